The Labute approximate surface area is 257 Å². The van der Waals surface area contributed by atoms with Gasteiger partial charge in [0.25, 0.3) is 5.91 Å². The number of primary amides is 1. The monoisotopic (exact) mass is 624 g/mol. The smallest absolute Gasteiger partial charge is 0.412 e. The number of likely N-dealkylation sites (N-methyl/N-ethyl adjacent to an activating group) is 1. The van der Waals surface area contributed by atoms with E-state index in [1.807, 2.05) is 0 Å². The third kappa shape index (κ3) is 4.95. The van der Waals surface area contributed by atoms with Crippen molar-refractivity contribution in [3.8, 4) is 11.5 Å². The van der Waals surface area contributed by atoms with Gasteiger partial charge in [0, 0.05) is 43.4 Å². The number of benzene rings is 2. The van der Waals surface area contributed by atoms with Crippen LogP contribution in [0.1, 0.15) is 27.9 Å². The highest BCUT2D eigenvalue weighted by molar-refractivity contribution is 6.25. The van der Waals surface area contributed by atoms with Crippen molar-refractivity contribution in [2.24, 2.45) is 17.6 Å². The Hall–Kier alpha value is -4.95. The summed E-state index contributed by atoms with van der Waals surface area (Å²) in [6.07, 6.45) is -0.848. The summed E-state index contributed by atoms with van der Waals surface area (Å²) in [5.41, 5.74) is 2.34. The molecule has 7 N–H and O–H groups in total. The van der Waals surface area contributed by atoms with Crippen LogP contribution in [0.15, 0.2) is 53.0 Å². The molecule has 2 amide bonds. The molecular formula is C31H33FN4O9. The van der Waals surface area contributed by atoms with Crippen LogP contribution in [0, 0.1) is 17.7 Å². The number of Topliss-reactive ketones (excluding diaryl/α,β-unsaturated/α-hetero) is 2. The molecule has 0 aromatic heterocycles. The van der Waals surface area contributed by atoms with Gasteiger partial charge < -0.3 is 41.1 Å². The lowest BCUT2D eigenvalue weighted by Gasteiger charge is -2.50. The van der Waals surface area contributed by atoms with Crippen molar-refractivity contribution in [2.75, 3.05) is 33.1 Å². The SMILES string of the molecule is CN(C)c1cc(CNC(=O)Oc2ccc(F)cc2)c(O)c2c1C[C@@H]1C[C@@H]3[C@@H](N(C)C)C(O)=C(C(N)=O)C(=O)[C@]3(O)C(O)=C1C2=O. The maximum absolute atomic E-state index is 14.1. The number of carbonyl (C=O) groups is 4. The van der Waals surface area contributed by atoms with Gasteiger partial charge in [-0.05, 0) is 68.8 Å². The fourth-order valence-corrected chi connectivity index (χ4v) is 6.70. The Bertz CT molecular complexity index is 1700. The van der Waals surface area contributed by atoms with Gasteiger partial charge in [-0.25, -0.2) is 9.18 Å². The zero-order valence-corrected chi connectivity index (χ0v) is 24.9. The number of anilines is 1. The van der Waals surface area contributed by atoms with Crippen LogP contribution in [0.5, 0.6) is 11.5 Å². The fraction of sp³-hybridized carbons (Fsp3) is 0.355. The van der Waals surface area contributed by atoms with Gasteiger partial charge in [-0.3, -0.25) is 19.3 Å². The van der Waals surface area contributed by atoms with Gasteiger partial charge in [-0.2, -0.15) is 0 Å². The van der Waals surface area contributed by atoms with E-state index in [1.54, 1.807) is 39.2 Å². The molecular weight excluding hydrogens is 591 g/mol. The normalized spacial score (nSPS) is 24.2. The number of aromatic hydroxyl groups is 1. The van der Waals surface area contributed by atoms with E-state index in [9.17, 15) is 44.0 Å². The molecule has 14 heteroatoms. The number of nitrogens with one attached hydrogen (secondary N) is 1. The van der Waals surface area contributed by atoms with Crippen LogP contribution < -0.4 is 20.7 Å². The van der Waals surface area contributed by atoms with E-state index in [0.717, 1.165) is 12.1 Å². The summed E-state index contributed by atoms with van der Waals surface area (Å²) in [6.45, 7) is -0.289. The summed E-state index contributed by atoms with van der Waals surface area (Å²) in [7, 11) is 6.55. The molecule has 238 valence electrons. The molecule has 0 spiro atoms. The number of carbonyl (C=O) groups excluding carboxylic acids is 4. The minimum atomic E-state index is -2.76. The van der Waals surface area contributed by atoms with Crippen molar-refractivity contribution in [2.45, 2.75) is 31.0 Å². The number of halogens is 1. The van der Waals surface area contributed by atoms with Crippen LogP contribution in [0.4, 0.5) is 14.9 Å². The lowest BCUT2D eigenvalue weighted by atomic mass is 9.58. The third-order valence-electron chi connectivity index (χ3n) is 8.71. The van der Waals surface area contributed by atoms with Crippen LogP contribution in [0.25, 0.3) is 0 Å². The molecule has 3 aliphatic carbocycles. The second-order valence-electron chi connectivity index (χ2n) is 11.8. The van der Waals surface area contributed by atoms with Gasteiger partial charge in [-0.15, -0.1) is 0 Å². The van der Waals surface area contributed by atoms with Crippen LogP contribution in [-0.2, 0) is 22.6 Å². The maximum atomic E-state index is 14.1. The van der Waals surface area contributed by atoms with Gasteiger partial charge in [0.05, 0.1) is 11.6 Å². The molecule has 13 nitrogen and oxygen atoms in total. The molecule has 2 aromatic carbocycles. The number of ketones is 2. The molecule has 0 aliphatic heterocycles. The van der Waals surface area contributed by atoms with Crippen LogP contribution in [0.3, 0.4) is 0 Å². The molecule has 5 rings (SSSR count). The molecule has 0 fully saturated rings. The Morgan fingerprint density at radius 3 is 2.33 bits per heavy atom. The number of rotatable bonds is 6. The Balaban J connectivity index is 1.56. The number of phenols is 1. The standard InChI is InChI=1S/C31H33FN4O9/c1-35(2)19-11-14(12-34-30(43)45-16-7-5-15(32)6-8-16)24(37)21-17(19)9-13-10-18-23(36(3)4)26(39)22(29(33)42)28(41)31(18,44)27(40)20(13)25(21)38/h5-8,11,13,18,23,37,39-40,44H,9-10,12H2,1-4H3,(H2,33,42)(H,34,43)/t13-,18-,23-,31-/m1/s1. The van der Waals surface area contributed by atoms with Gasteiger partial charge in [0.2, 0.25) is 5.78 Å². The predicted molar refractivity (Wildman–Crippen MR) is 157 cm³/mol. The van der Waals surface area contributed by atoms with Crippen LogP contribution in [-0.4, -0.2) is 88.7 Å². The van der Waals surface area contributed by atoms with E-state index >= 15 is 0 Å². The van der Waals surface area contributed by atoms with Crippen molar-refractivity contribution in [3.63, 3.8) is 0 Å². The number of ether oxygens (including phenoxy) is 1. The minimum Gasteiger partial charge on any atom is -0.510 e. The zero-order valence-electron chi connectivity index (χ0n) is 24.9. The van der Waals surface area contributed by atoms with Gasteiger partial charge in [0.15, 0.2) is 11.4 Å². The maximum Gasteiger partial charge on any atom is 0.412 e. The first-order valence-electron chi connectivity index (χ1n) is 14.0. The van der Waals surface area contributed by atoms with Gasteiger partial charge >= 0.3 is 6.09 Å². The zero-order chi connectivity index (χ0) is 33.1. The largest absolute Gasteiger partial charge is 0.510 e. The number of aliphatic hydroxyl groups excluding tert-OH is 2. The highest BCUT2D eigenvalue weighted by atomic mass is 19.1. The van der Waals surface area contributed by atoms with Gasteiger partial charge in [-0.1, -0.05) is 0 Å². The first-order valence-corrected chi connectivity index (χ1v) is 14.0. The molecule has 0 heterocycles. The van der Waals surface area contributed by atoms with Crippen molar-refractivity contribution < 1.29 is 48.7 Å². The second-order valence-corrected chi connectivity index (χ2v) is 11.8. The molecule has 0 unspecified atom stereocenters. The number of aliphatic hydroxyl groups is 3. The number of hydrogen-bond acceptors (Lipinski definition) is 11. The molecule has 0 bridgehead atoms. The fourth-order valence-electron chi connectivity index (χ4n) is 6.70. The van der Waals surface area contributed by atoms with E-state index in [-0.39, 0.29) is 41.8 Å². The van der Waals surface area contributed by atoms with E-state index in [0.29, 0.717) is 11.3 Å². The molecule has 0 saturated carbocycles. The highest BCUT2D eigenvalue weighted by Crippen LogP contribution is 2.53. The summed E-state index contributed by atoms with van der Waals surface area (Å²) in [6, 6.07) is 5.24. The molecule has 0 saturated heterocycles. The first kappa shape index (κ1) is 31.5. The quantitative estimate of drug-likeness (QED) is 0.255. The molecule has 2 aromatic rings. The lowest BCUT2D eigenvalue weighted by molar-refractivity contribution is -0.148. The Kier molecular flexibility index (Phi) is 7.83. The summed E-state index contributed by atoms with van der Waals surface area (Å²) in [5.74, 6) is -7.91. The first-order chi connectivity index (χ1) is 21.1. The van der Waals surface area contributed by atoms with Crippen LogP contribution in [0.2, 0.25) is 0 Å². The lowest BCUT2D eigenvalue weighted by Crippen LogP contribution is -2.63. The molecule has 4 atom stereocenters. The van der Waals surface area contributed by atoms with Gasteiger partial charge in [0.1, 0.15) is 34.4 Å². The summed E-state index contributed by atoms with van der Waals surface area (Å²) in [5, 5.41) is 48.0. The summed E-state index contributed by atoms with van der Waals surface area (Å²) in [4.78, 5) is 55.4. The number of fused-ring (bicyclic) bond motifs is 3. The van der Waals surface area contributed by atoms with E-state index in [1.165, 1.54) is 17.0 Å². The average Bonchev–Trinajstić information content (AvgIpc) is 2.95. The van der Waals surface area contributed by atoms with Crippen molar-refractivity contribution in [1.29, 1.82) is 0 Å². The van der Waals surface area contributed by atoms with Crippen LogP contribution >= 0.6 is 0 Å². The van der Waals surface area contributed by atoms with Crippen molar-refractivity contribution >= 4 is 29.3 Å². The summed E-state index contributed by atoms with van der Waals surface area (Å²) < 4.78 is 18.3. The minimum absolute atomic E-state index is 0.0437. The molecule has 45 heavy (non-hydrogen) atoms. The van der Waals surface area contributed by atoms with E-state index in [2.05, 4.69) is 5.32 Å². The number of amides is 2. The van der Waals surface area contributed by atoms with E-state index < -0.39 is 75.7 Å². The van der Waals surface area contributed by atoms with Crippen molar-refractivity contribution in [1.82, 2.24) is 10.2 Å². The summed E-state index contributed by atoms with van der Waals surface area (Å²) >= 11 is 0. The highest BCUT2D eigenvalue weighted by Gasteiger charge is 2.63. The number of phenolic OH excluding ortho intramolecular Hbond substituents is 1. The average molecular weight is 625 g/mol. The van der Waals surface area contributed by atoms with Crippen molar-refractivity contribution in [3.05, 3.63) is 75.5 Å². The number of allylic oxidation sites excluding steroid dienone is 1. The number of hydrogen-bond donors (Lipinski definition) is 6. The van der Waals surface area contributed by atoms with E-state index in [4.69, 9.17) is 10.5 Å². The molecule has 3 aliphatic rings. The topological polar surface area (TPSA) is 203 Å². The third-order valence-corrected chi connectivity index (χ3v) is 8.71. The predicted octanol–water partition coefficient (Wildman–Crippen LogP) is 1.61. The Morgan fingerprint density at radius 1 is 1.11 bits per heavy atom. The Morgan fingerprint density at radius 2 is 1.76 bits per heavy atom. The number of nitrogens with zero attached hydrogens (tertiary/aromatic N) is 2. The number of nitrogens with two attached hydrogens (primary N) is 1. The molecule has 0 radical (unpaired) electrons. The second kappa shape index (κ2) is 11.2.